The molecule has 0 saturated carbocycles. The molecule has 150 valence electrons. The van der Waals surface area contributed by atoms with Crippen molar-refractivity contribution in [1.82, 2.24) is 10.2 Å². The summed E-state index contributed by atoms with van der Waals surface area (Å²) in [7, 11) is 1.60. The Hall–Kier alpha value is -2.27. The van der Waals surface area contributed by atoms with Gasteiger partial charge in [0.2, 0.25) is 11.8 Å². The summed E-state index contributed by atoms with van der Waals surface area (Å²) in [6, 6.07) is 14.0. The van der Waals surface area contributed by atoms with Gasteiger partial charge < -0.3 is 10.2 Å². The smallest absolute Gasteiger partial charge is 0.242 e. The molecule has 0 aliphatic heterocycles. The first-order chi connectivity index (χ1) is 13.3. The van der Waals surface area contributed by atoms with E-state index in [9.17, 15) is 9.59 Å². The highest BCUT2D eigenvalue weighted by atomic mass is 32.2. The van der Waals surface area contributed by atoms with Crippen molar-refractivity contribution in [2.45, 2.75) is 46.0 Å². The summed E-state index contributed by atoms with van der Waals surface area (Å²) < 4.78 is 0. The first-order valence-electron chi connectivity index (χ1n) is 9.51. The number of nitrogens with one attached hydrogen (secondary N) is 1. The largest absolute Gasteiger partial charge is 0.357 e. The minimum atomic E-state index is -0.514. The molecule has 2 rings (SSSR count). The van der Waals surface area contributed by atoms with Gasteiger partial charge in [-0.25, -0.2) is 0 Å². The second-order valence-corrected chi connectivity index (χ2v) is 8.28. The minimum Gasteiger partial charge on any atom is -0.357 e. The van der Waals surface area contributed by atoms with Crippen LogP contribution in [0, 0.1) is 20.8 Å². The van der Waals surface area contributed by atoms with Gasteiger partial charge in [0.05, 0.1) is 5.75 Å². The lowest BCUT2D eigenvalue weighted by atomic mass is 10.1. The summed E-state index contributed by atoms with van der Waals surface area (Å²) >= 11 is 1.59. The zero-order valence-electron chi connectivity index (χ0n) is 17.4. The van der Waals surface area contributed by atoms with E-state index < -0.39 is 6.04 Å². The minimum absolute atomic E-state index is 0.0213. The van der Waals surface area contributed by atoms with E-state index in [0.29, 0.717) is 12.3 Å². The lowest BCUT2D eigenvalue weighted by Gasteiger charge is -2.28. The third-order valence-corrected chi connectivity index (χ3v) is 5.61. The summed E-state index contributed by atoms with van der Waals surface area (Å²) in [5.74, 6) is 0.952. The van der Waals surface area contributed by atoms with E-state index >= 15 is 0 Å². The van der Waals surface area contributed by atoms with Crippen molar-refractivity contribution in [3.8, 4) is 0 Å². The maximum absolute atomic E-state index is 12.9. The van der Waals surface area contributed by atoms with Crippen LogP contribution in [-0.2, 0) is 21.9 Å². The molecule has 1 N–H and O–H groups in total. The standard InChI is InChI=1S/C23H30N2O2S/c1-16-7-6-8-20(10-16)13-25(19(4)23(27)24-5)22(26)15-28-14-21-11-17(2)9-18(3)12-21/h6-12,19H,13-15H2,1-5H3,(H,24,27). The molecular weight excluding hydrogens is 368 g/mol. The number of carbonyl (C=O) groups is 2. The monoisotopic (exact) mass is 398 g/mol. The summed E-state index contributed by atoms with van der Waals surface area (Å²) in [5, 5.41) is 2.65. The van der Waals surface area contributed by atoms with E-state index in [2.05, 4.69) is 43.4 Å². The maximum Gasteiger partial charge on any atom is 0.242 e. The highest BCUT2D eigenvalue weighted by Gasteiger charge is 2.25. The average molecular weight is 399 g/mol. The number of thioether (sulfide) groups is 1. The van der Waals surface area contributed by atoms with Crippen molar-refractivity contribution >= 4 is 23.6 Å². The molecule has 4 nitrogen and oxygen atoms in total. The molecule has 5 heteroatoms. The molecule has 1 atom stereocenters. The van der Waals surface area contributed by atoms with E-state index in [1.165, 1.54) is 16.7 Å². The first kappa shape index (κ1) is 22.0. The van der Waals surface area contributed by atoms with Crippen LogP contribution in [0.3, 0.4) is 0 Å². The van der Waals surface area contributed by atoms with Crippen LogP contribution in [0.2, 0.25) is 0 Å². The van der Waals surface area contributed by atoms with Gasteiger partial charge in [-0.15, -0.1) is 11.8 Å². The van der Waals surface area contributed by atoms with Gasteiger partial charge in [-0.2, -0.15) is 0 Å². The predicted octanol–water partition coefficient (Wildman–Crippen LogP) is 4.01. The number of likely N-dealkylation sites (N-methyl/N-ethyl adjacent to an activating group) is 1. The van der Waals surface area contributed by atoms with Crippen LogP contribution in [0.4, 0.5) is 0 Å². The lowest BCUT2D eigenvalue weighted by molar-refractivity contribution is -0.138. The Bertz CT molecular complexity index is 815. The van der Waals surface area contributed by atoms with Gasteiger partial charge >= 0.3 is 0 Å². The lowest BCUT2D eigenvalue weighted by Crippen LogP contribution is -2.47. The molecule has 0 heterocycles. The third kappa shape index (κ3) is 6.41. The molecular formula is C23H30N2O2S. The van der Waals surface area contributed by atoms with Crippen molar-refractivity contribution in [3.05, 3.63) is 70.3 Å². The van der Waals surface area contributed by atoms with Gasteiger partial charge in [0, 0.05) is 19.3 Å². The molecule has 0 spiro atoms. The molecule has 0 radical (unpaired) electrons. The zero-order chi connectivity index (χ0) is 20.7. The van der Waals surface area contributed by atoms with Crippen molar-refractivity contribution in [3.63, 3.8) is 0 Å². The van der Waals surface area contributed by atoms with Gasteiger partial charge in [-0.3, -0.25) is 9.59 Å². The Morgan fingerprint density at radius 2 is 1.64 bits per heavy atom. The van der Waals surface area contributed by atoms with E-state index in [0.717, 1.165) is 16.9 Å². The Balaban J connectivity index is 2.06. The highest BCUT2D eigenvalue weighted by Crippen LogP contribution is 2.18. The van der Waals surface area contributed by atoms with E-state index in [-0.39, 0.29) is 11.8 Å². The van der Waals surface area contributed by atoms with Crippen molar-refractivity contribution < 1.29 is 9.59 Å². The summed E-state index contributed by atoms with van der Waals surface area (Å²) in [6.07, 6.45) is 0. The molecule has 0 saturated heterocycles. The molecule has 0 aromatic heterocycles. The van der Waals surface area contributed by atoms with Crippen LogP contribution in [0.5, 0.6) is 0 Å². The second kappa shape index (κ2) is 10.3. The summed E-state index contributed by atoms with van der Waals surface area (Å²) in [6.45, 7) is 8.40. The molecule has 0 bridgehead atoms. The van der Waals surface area contributed by atoms with Crippen molar-refractivity contribution in [2.75, 3.05) is 12.8 Å². The molecule has 1 unspecified atom stereocenters. The summed E-state index contributed by atoms with van der Waals surface area (Å²) in [5.41, 5.74) is 5.86. The van der Waals surface area contributed by atoms with Crippen LogP contribution in [-0.4, -0.2) is 35.6 Å². The Morgan fingerprint density at radius 1 is 1.00 bits per heavy atom. The van der Waals surface area contributed by atoms with Gasteiger partial charge in [-0.05, 0) is 38.8 Å². The van der Waals surface area contributed by atoms with Crippen molar-refractivity contribution in [2.24, 2.45) is 0 Å². The van der Waals surface area contributed by atoms with Crippen LogP contribution in [0.25, 0.3) is 0 Å². The fourth-order valence-corrected chi connectivity index (χ4v) is 4.14. The van der Waals surface area contributed by atoms with Crippen LogP contribution in [0.1, 0.15) is 34.7 Å². The molecule has 2 amide bonds. The number of aryl methyl sites for hydroxylation is 3. The maximum atomic E-state index is 12.9. The topological polar surface area (TPSA) is 49.4 Å². The molecule has 0 fully saturated rings. The molecule has 0 aliphatic rings. The normalized spacial score (nSPS) is 11.8. The Kier molecular flexibility index (Phi) is 8.12. The molecule has 2 aromatic rings. The number of hydrogen-bond acceptors (Lipinski definition) is 3. The van der Waals surface area contributed by atoms with E-state index in [1.54, 1.807) is 30.6 Å². The quantitative estimate of drug-likeness (QED) is 0.731. The average Bonchev–Trinajstić information content (AvgIpc) is 2.64. The van der Waals surface area contributed by atoms with Crippen LogP contribution in [0.15, 0.2) is 42.5 Å². The second-order valence-electron chi connectivity index (χ2n) is 7.29. The first-order valence-corrected chi connectivity index (χ1v) is 10.7. The third-order valence-electron chi connectivity index (χ3n) is 4.62. The molecule has 0 aliphatic carbocycles. The number of benzene rings is 2. The van der Waals surface area contributed by atoms with Gasteiger partial charge in [-0.1, -0.05) is 59.2 Å². The Labute approximate surface area is 172 Å². The zero-order valence-corrected chi connectivity index (χ0v) is 18.2. The number of nitrogens with zero attached hydrogens (tertiary/aromatic N) is 1. The Morgan fingerprint density at radius 3 is 2.25 bits per heavy atom. The van der Waals surface area contributed by atoms with Gasteiger partial charge in [0.15, 0.2) is 0 Å². The van der Waals surface area contributed by atoms with E-state index in [1.807, 2.05) is 25.1 Å². The highest BCUT2D eigenvalue weighted by molar-refractivity contribution is 7.99. The predicted molar refractivity (Wildman–Crippen MR) is 117 cm³/mol. The number of rotatable bonds is 8. The van der Waals surface area contributed by atoms with Gasteiger partial charge in [0.1, 0.15) is 6.04 Å². The van der Waals surface area contributed by atoms with Crippen molar-refractivity contribution in [1.29, 1.82) is 0 Å². The number of hydrogen-bond donors (Lipinski definition) is 1. The number of carbonyl (C=O) groups excluding carboxylic acids is 2. The van der Waals surface area contributed by atoms with Crippen LogP contribution < -0.4 is 5.32 Å². The fraction of sp³-hybridized carbons (Fsp3) is 0.391. The van der Waals surface area contributed by atoms with Gasteiger partial charge in [0.25, 0.3) is 0 Å². The SMILES string of the molecule is CNC(=O)C(C)N(Cc1cccc(C)c1)C(=O)CSCc1cc(C)cc(C)c1. The molecule has 28 heavy (non-hydrogen) atoms. The van der Waals surface area contributed by atoms with Crippen LogP contribution >= 0.6 is 11.8 Å². The van der Waals surface area contributed by atoms with E-state index in [4.69, 9.17) is 0 Å². The number of amides is 2. The fourth-order valence-electron chi connectivity index (χ4n) is 3.29. The molecule has 2 aromatic carbocycles. The summed E-state index contributed by atoms with van der Waals surface area (Å²) in [4.78, 5) is 26.8.